The van der Waals surface area contributed by atoms with Crippen LogP contribution in [0.25, 0.3) is 16.9 Å². The third-order valence-electron chi connectivity index (χ3n) is 6.25. The van der Waals surface area contributed by atoms with Gasteiger partial charge in [-0.2, -0.15) is 0 Å². The van der Waals surface area contributed by atoms with Crippen molar-refractivity contribution in [2.24, 2.45) is 4.99 Å². The number of methoxy groups -OCH3 is 1. The predicted octanol–water partition coefficient (Wildman–Crippen LogP) is 3.65. The summed E-state index contributed by atoms with van der Waals surface area (Å²) in [5.74, 6) is 1.42. The molecule has 4 aromatic rings. The molecule has 0 radical (unpaired) electrons. The first kappa shape index (κ1) is 19.8. The summed E-state index contributed by atoms with van der Waals surface area (Å²) in [6.07, 6.45) is 8.08. The van der Waals surface area contributed by atoms with Gasteiger partial charge in [-0.05, 0) is 35.7 Å². The van der Waals surface area contributed by atoms with Crippen molar-refractivity contribution < 1.29 is 9.84 Å². The zero-order chi connectivity index (χ0) is 22.4. The number of hydrogen-bond donors (Lipinski definition) is 2. The Kier molecular flexibility index (Phi) is 4.73. The van der Waals surface area contributed by atoms with Gasteiger partial charge in [0.25, 0.3) is 0 Å². The number of ether oxygens (including phenoxy) is 1. The first-order chi connectivity index (χ1) is 16.2. The van der Waals surface area contributed by atoms with E-state index in [0.29, 0.717) is 18.9 Å². The third kappa shape index (κ3) is 3.58. The second-order valence-corrected chi connectivity index (χ2v) is 8.42. The summed E-state index contributed by atoms with van der Waals surface area (Å²) in [6, 6.07) is 12.3. The molecule has 33 heavy (non-hydrogen) atoms. The Morgan fingerprint density at radius 3 is 2.97 bits per heavy atom. The Labute approximate surface area is 191 Å². The minimum absolute atomic E-state index is 0.293. The second kappa shape index (κ2) is 7.90. The molecule has 1 atom stereocenters. The molecule has 0 saturated carbocycles. The molecule has 1 saturated heterocycles. The van der Waals surface area contributed by atoms with Gasteiger partial charge in [-0.25, -0.2) is 9.97 Å². The van der Waals surface area contributed by atoms with Gasteiger partial charge < -0.3 is 24.5 Å². The number of aliphatic hydroxyl groups excluding tert-OH is 1. The fourth-order valence-electron chi connectivity index (χ4n) is 4.54. The molecule has 2 aliphatic rings. The molecule has 4 heterocycles. The highest BCUT2D eigenvalue weighted by molar-refractivity contribution is 5.86. The molecular weight excluding hydrogens is 416 g/mol. The summed E-state index contributed by atoms with van der Waals surface area (Å²) in [5.41, 5.74) is 6.85. The van der Waals surface area contributed by atoms with Gasteiger partial charge in [-0.15, -0.1) is 0 Å². The maximum absolute atomic E-state index is 9.91. The van der Waals surface area contributed by atoms with Crippen molar-refractivity contribution >= 4 is 29.1 Å². The van der Waals surface area contributed by atoms with E-state index in [2.05, 4.69) is 38.4 Å². The molecule has 0 spiro atoms. The van der Waals surface area contributed by atoms with Gasteiger partial charge in [0.05, 0.1) is 31.1 Å². The van der Waals surface area contributed by atoms with Gasteiger partial charge in [0.1, 0.15) is 5.75 Å². The maximum atomic E-state index is 9.91. The maximum Gasteiger partial charge on any atom is 0.180 e. The Morgan fingerprint density at radius 2 is 2.12 bits per heavy atom. The summed E-state index contributed by atoms with van der Waals surface area (Å²) in [4.78, 5) is 15.9. The lowest BCUT2D eigenvalue weighted by atomic mass is 10.0. The topological polar surface area (TPSA) is 87.3 Å². The van der Waals surface area contributed by atoms with Crippen LogP contribution in [-0.4, -0.2) is 52.0 Å². The number of aliphatic hydroxyl groups is 1. The summed E-state index contributed by atoms with van der Waals surface area (Å²) in [6.45, 7) is 2.14. The van der Waals surface area contributed by atoms with Crippen molar-refractivity contribution in [3.05, 3.63) is 66.1 Å². The van der Waals surface area contributed by atoms with Crippen molar-refractivity contribution in [3.63, 3.8) is 0 Å². The molecule has 166 valence electrons. The van der Waals surface area contributed by atoms with Crippen LogP contribution in [0.3, 0.4) is 0 Å². The van der Waals surface area contributed by atoms with E-state index in [1.807, 2.05) is 41.2 Å². The number of fused-ring (bicyclic) bond motifs is 2. The highest BCUT2D eigenvalue weighted by Crippen LogP contribution is 2.35. The van der Waals surface area contributed by atoms with Crippen molar-refractivity contribution in [3.8, 4) is 17.0 Å². The number of benzene rings is 2. The third-order valence-corrected chi connectivity index (χ3v) is 6.25. The highest BCUT2D eigenvalue weighted by Gasteiger charge is 2.23. The summed E-state index contributed by atoms with van der Waals surface area (Å²) >= 11 is 0. The van der Waals surface area contributed by atoms with E-state index in [9.17, 15) is 5.11 Å². The van der Waals surface area contributed by atoms with Crippen molar-refractivity contribution in [2.75, 3.05) is 30.4 Å². The lowest BCUT2D eigenvalue weighted by Crippen LogP contribution is -2.21. The number of anilines is 3. The van der Waals surface area contributed by atoms with Crippen LogP contribution in [0.1, 0.15) is 17.5 Å². The molecule has 0 bridgehead atoms. The minimum atomic E-state index is -0.293. The number of nitrogens with zero attached hydrogens (tertiary/aromatic N) is 5. The molecule has 8 heteroatoms. The van der Waals surface area contributed by atoms with E-state index in [1.54, 1.807) is 13.3 Å². The largest absolute Gasteiger partial charge is 0.495 e. The van der Waals surface area contributed by atoms with Crippen LogP contribution in [-0.2, 0) is 6.54 Å². The molecule has 8 nitrogen and oxygen atoms in total. The number of rotatable bonds is 5. The Balaban J connectivity index is 1.35. The standard InChI is InChI=1S/C25H24N6O2/c1-33-23-11-19(4-5-22(23)30-8-6-20(32)14-30)28-24-25-27-7-9-31(25)15-21(29-24)16-2-3-17-12-26-13-18(17)10-16/h2-5,7,9-12,15,20,32H,6,8,13-14H2,1H3,(H,28,29). The van der Waals surface area contributed by atoms with E-state index in [-0.39, 0.29) is 6.10 Å². The summed E-state index contributed by atoms with van der Waals surface area (Å²) in [7, 11) is 1.67. The van der Waals surface area contributed by atoms with Gasteiger partial charge in [-0.3, -0.25) is 4.99 Å². The average Bonchev–Trinajstić information content (AvgIpc) is 3.59. The lowest BCUT2D eigenvalue weighted by molar-refractivity contribution is 0.198. The van der Waals surface area contributed by atoms with E-state index < -0.39 is 0 Å². The fourth-order valence-corrected chi connectivity index (χ4v) is 4.54. The molecule has 2 aromatic heterocycles. The van der Waals surface area contributed by atoms with Gasteiger partial charge in [-0.1, -0.05) is 12.1 Å². The SMILES string of the molecule is COc1cc(Nc2nc(-c3ccc4c(c3)CN=C4)cn3ccnc23)ccc1N1CCC(O)C1. The van der Waals surface area contributed by atoms with Crippen molar-refractivity contribution in [2.45, 2.75) is 19.1 Å². The predicted molar refractivity (Wildman–Crippen MR) is 129 cm³/mol. The first-order valence-corrected chi connectivity index (χ1v) is 11.0. The molecule has 0 amide bonds. The molecule has 1 unspecified atom stereocenters. The summed E-state index contributed by atoms with van der Waals surface area (Å²) < 4.78 is 7.64. The van der Waals surface area contributed by atoms with Crippen LogP contribution in [0.5, 0.6) is 5.75 Å². The first-order valence-electron chi connectivity index (χ1n) is 11.0. The van der Waals surface area contributed by atoms with Gasteiger partial charge in [0, 0.05) is 55.2 Å². The molecule has 1 fully saturated rings. The monoisotopic (exact) mass is 440 g/mol. The molecule has 6 rings (SSSR count). The number of imidazole rings is 1. The van der Waals surface area contributed by atoms with E-state index in [1.165, 1.54) is 11.1 Å². The number of hydrogen-bond acceptors (Lipinski definition) is 7. The fraction of sp³-hybridized carbons (Fsp3) is 0.240. The normalized spacial score (nSPS) is 17.0. The van der Waals surface area contributed by atoms with E-state index in [0.717, 1.165) is 47.0 Å². The quantitative estimate of drug-likeness (QED) is 0.493. The van der Waals surface area contributed by atoms with Crippen molar-refractivity contribution in [1.82, 2.24) is 14.4 Å². The molecule has 2 aliphatic heterocycles. The minimum Gasteiger partial charge on any atom is -0.495 e. The highest BCUT2D eigenvalue weighted by atomic mass is 16.5. The van der Waals surface area contributed by atoms with Crippen LogP contribution < -0.4 is 15.0 Å². The van der Waals surface area contributed by atoms with Gasteiger partial charge >= 0.3 is 0 Å². The second-order valence-electron chi connectivity index (χ2n) is 8.42. The number of nitrogens with one attached hydrogen (secondary N) is 1. The average molecular weight is 441 g/mol. The zero-order valence-electron chi connectivity index (χ0n) is 18.3. The van der Waals surface area contributed by atoms with Crippen LogP contribution >= 0.6 is 0 Å². The lowest BCUT2D eigenvalue weighted by Gasteiger charge is -2.21. The van der Waals surface area contributed by atoms with Crippen LogP contribution in [0, 0.1) is 0 Å². The molecular formula is C25H24N6O2. The summed E-state index contributed by atoms with van der Waals surface area (Å²) in [5, 5.41) is 13.3. The van der Waals surface area contributed by atoms with Crippen LogP contribution in [0.4, 0.5) is 17.2 Å². The Bertz CT molecular complexity index is 1380. The van der Waals surface area contributed by atoms with Gasteiger partial charge in [0.2, 0.25) is 0 Å². The van der Waals surface area contributed by atoms with Gasteiger partial charge in [0.15, 0.2) is 11.5 Å². The van der Waals surface area contributed by atoms with Crippen LogP contribution in [0.2, 0.25) is 0 Å². The van der Waals surface area contributed by atoms with E-state index in [4.69, 9.17) is 9.72 Å². The molecule has 2 N–H and O–H groups in total. The van der Waals surface area contributed by atoms with Crippen LogP contribution in [0.15, 0.2) is 60.0 Å². The smallest absolute Gasteiger partial charge is 0.180 e. The molecule has 2 aromatic carbocycles. The zero-order valence-corrected chi connectivity index (χ0v) is 18.3. The Morgan fingerprint density at radius 1 is 1.18 bits per heavy atom. The number of aliphatic imine (C=N–C) groups is 1. The molecule has 0 aliphatic carbocycles. The number of aromatic nitrogens is 3. The Hall–Kier alpha value is -3.91. The van der Waals surface area contributed by atoms with Crippen molar-refractivity contribution in [1.29, 1.82) is 0 Å². The van der Waals surface area contributed by atoms with E-state index >= 15 is 0 Å². The number of β-amino-alcohol motifs (C(OH)–C–C–N with tert-alkyl or cyclic N) is 1.